The van der Waals surface area contributed by atoms with Crippen molar-refractivity contribution in [3.8, 4) is 0 Å². The lowest BCUT2D eigenvalue weighted by Gasteiger charge is -2.33. The van der Waals surface area contributed by atoms with E-state index in [1.807, 2.05) is 17.9 Å². The molecule has 0 aliphatic carbocycles. The van der Waals surface area contributed by atoms with Gasteiger partial charge in [-0.3, -0.25) is 14.9 Å². The minimum Gasteiger partial charge on any atom is -0.466 e. The second-order valence-corrected chi connectivity index (χ2v) is 5.32. The monoisotopic (exact) mass is 292 g/mol. The molecule has 1 atom stereocenters. The highest BCUT2D eigenvalue weighted by Gasteiger charge is 2.27. The average Bonchev–Trinajstić information content (AvgIpc) is 2.47. The van der Waals surface area contributed by atoms with Crippen molar-refractivity contribution in [2.24, 2.45) is 5.92 Å². The van der Waals surface area contributed by atoms with Gasteiger partial charge in [0, 0.05) is 30.9 Å². The van der Waals surface area contributed by atoms with E-state index in [9.17, 15) is 14.9 Å². The van der Waals surface area contributed by atoms with Crippen molar-refractivity contribution in [1.29, 1.82) is 0 Å². The minimum absolute atomic E-state index is 0.0864. The van der Waals surface area contributed by atoms with E-state index in [2.05, 4.69) is 0 Å². The zero-order valence-corrected chi connectivity index (χ0v) is 12.4. The Morgan fingerprint density at radius 1 is 1.48 bits per heavy atom. The maximum atomic E-state index is 11.9. The predicted molar refractivity (Wildman–Crippen MR) is 79.4 cm³/mol. The number of rotatable bonds is 4. The summed E-state index contributed by atoms with van der Waals surface area (Å²) in [5.41, 5.74) is 1.73. The molecule has 1 fully saturated rings. The molecule has 0 bridgehead atoms. The molecule has 1 aromatic carbocycles. The molecule has 1 aliphatic rings. The summed E-state index contributed by atoms with van der Waals surface area (Å²) >= 11 is 0. The Morgan fingerprint density at radius 2 is 2.24 bits per heavy atom. The fraction of sp³-hybridized carbons (Fsp3) is 0.533. The highest BCUT2D eigenvalue weighted by molar-refractivity contribution is 5.73. The molecule has 114 valence electrons. The van der Waals surface area contributed by atoms with Gasteiger partial charge >= 0.3 is 5.97 Å². The molecule has 21 heavy (non-hydrogen) atoms. The van der Waals surface area contributed by atoms with Gasteiger partial charge in [-0.15, -0.1) is 0 Å². The van der Waals surface area contributed by atoms with Gasteiger partial charge < -0.3 is 9.64 Å². The van der Waals surface area contributed by atoms with Gasteiger partial charge in [0.2, 0.25) is 0 Å². The maximum Gasteiger partial charge on any atom is 0.310 e. The Kier molecular flexibility index (Phi) is 4.77. The number of hydrogen-bond donors (Lipinski definition) is 0. The predicted octanol–water partition coefficient (Wildman–Crippen LogP) is 2.68. The molecule has 0 N–H and O–H groups in total. The second-order valence-electron chi connectivity index (χ2n) is 5.32. The van der Waals surface area contributed by atoms with Crippen LogP contribution in [0.5, 0.6) is 0 Å². The summed E-state index contributed by atoms with van der Waals surface area (Å²) in [7, 11) is 0. The highest BCUT2D eigenvalue weighted by Crippen LogP contribution is 2.28. The summed E-state index contributed by atoms with van der Waals surface area (Å²) in [4.78, 5) is 24.5. The van der Waals surface area contributed by atoms with Crippen LogP contribution in [0.4, 0.5) is 11.4 Å². The van der Waals surface area contributed by atoms with Crippen LogP contribution in [0.15, 0.2) is 18.2 Å². The molecule has 2 rings (SSSR count). The number of piperidine rings is 1. The standard InChI is InChI=1S/C15H20N2O4/c1-3-21-15(18)12-5-4-6-16(10-12)13-7-11(2)8-14(9-13)17(19)20/h7-9,12H,3-6,10H2,1-2H3. The number of nitrogens with zero attached hydrogens (tertiary/aromatic N) is 2. The van der Waals surface area contributed by atoms with E-state index in [4.69, 9.17) is 4.74 Å². The molecule has 1 heterocycles. The van der Waals surface area contributed by atoms with Crippen molar-refractivity contribution in [3.05, 3.63) is 33.9 Å². The number of nitro groups is 1. The number of ether oxygens (including phenoxy) is 1. The van der Waals surface area contributed by atoms with Crippen molar-refractivity contribution in [3.63, 3.8) is 0 Å². The van der Waals surface area contributed by atoms with Crippen LogP contribution in [0, 0.1) is 23.0 Å². The molecule has 0 radical (unpaired) electrons. The lowest BCUT2D eigenvalue weighted by Crippen LogP contribution is -2.39. The second kappa shape index (κ2) is 6.56. The first-order valence-corrected chi connectivity index (χ1v) is 7.19. The first-order chi connectivity index (χ1) is 10.0. The summed E-state index contributed by atoms with van der Waals surface area (Å²) < 4.78 is 5.08. The lowest BCUT2D eigenvalue weighted by atomic mass is 9.97. The molecular weight excluding hydrogens is 272 g/mol. The number of nitro benzene ring substituents is 1. The average molecular weight is 292 g/mol. The van der Waals surface area contributed by atoms with Crippen LogP contribution in [0.3, 0.4) is 0 Å². The topological polar surface area (TPSA) is 72.7 Å². The summed E-state index contributed by atoms with van der Waals surface area (Å²) in [5.74, 6) is -0.331. The van der Waals surface area contributed by atoms with Crippen molar-refractivity contribution in [2.45, 2.75) is 26.7 Å². The fourth-order valence-electron chi connectivity index (χ4n) is 2.70. The van der Waals surface area contributed by atoms with Gasteiger partial charge in [0.05, 0.1) is 17.4 Å². The van der Waals surface area contributed by atoms with Crippen molar-refractivity contribution >= 4 is 17.3 Å². The number of benzene rings is 1. The third kappa shape index (κ3) is 3.71. The number of anilines is 1. The number of hydrogen-bond acceptors (Lipinski definition) is 5. The highest BCUT2D eigenvalue weighted by atomic mass is 16.6. The Bertz CT molecular complexity index is 544. The Balaban J connectivity index is 2.17. The molecule has 0 spiro atoms. The van der Waals surface area contributed by atoms with Gasteiger partial charge in [-0.1, -0.05) is 0 Å². The van der Waals surface area contributed by atoms with Crippen LogP contribution in [0.25, 0.3) is 0 Å². The van der Waals surface area contributed by atoms with Crippen LogP contribution in [0.2, 0.25) is 0 Å². The van der Waals surface area contributed by atoms with E-state index in [-0.39, 0.29) is 22.5 Å². The van der Waals surface area contributed by atoms with Crippen molar-refractivity contribution in [2.75, 3.05) is 24.6 Å². The Labute approximate surface area is 123 Å². The van der Waals surface area contributed by atoms with Crippen molar-refractivity contribution in [1.82, 2.24) is 0 Å². The van der Waals surface area contributed by atoms with Crippen LogP contribution in [-0.4, -0.2) is 30.6 Å². The van der Waals surface area contributed by atoms with Gasteiger partial charge in [0.1, 0.15) is 0 Å². The number of aryl methyl sites for hydroxylation is 1. The van der Waals surface area contributed by atoms with Crippen LogP contribution < -0.4 is 4.90 Å². The third-order valence-electron chi connectivity index (χ3n) is 3.66. The summed E-state index contributed by atoms with van der Waals surface area (Å²) in [6.45, 7) is 5.37. The van der Waals surface area contributed by atoms with Gasteiger partial charge in [0.15, 0.2) is 0 Å². The molecule has 6 nitrogen and oxygen atoms in total. The molecule has 0 aromatic heterocycles. The zero-order valence-electron chi connectivity index (χ0n) is 12.4. The van der Waals surface area contributed by atoms with E-state index >= 15 is 0 Å². The first-order valence-electron chi connectivity index (χ1n) is 7.19. The van der Waals surface area contributed by atoms with Gasteiger partial charge in [0.25, 0.3) is 5.69 Å². The van der Waals surface area contributed by atoms with Gasteiger partial charge in [-0.05, 0) is 38.3 Å². The van der Waals surface area contributed by atoms with Crippen molar-refractivity contribution < 1.29 is 14.5 Å². The normalized spacial score (nSPS) is 18.4. The largest absolute Gasteiger partial charge is 0.466 e. The third-order valence-corrected chi connectivity index (χ3v) is 3.66. The smallest absolute Gasteiger partial charge is 0.310 e. The maximum absolute atomic E-state index is 11.9. The number of non-ortho nitro benzene ring substituents is 1. The number of carbonyl (C=O) groups is 1. The van der Waals surface area contributed by atoms with E-state index in [1.165, 1.54) is 0 Å². The molecule has 1 unspecified atom stereocenters. The van der Waals surface area contributed by atoms with Gasteiger partial charge in [-0.25, -0.2) is 0 Å². The quantitative estimate of drug-likeness (QED) is 0.484. The summed E-state index contributed by atoms with van der Waals surface area (Å²) in [6, 6.07) is 5.04. The zero-order chi connectivity index (χ0) is 15.4. The lowest BCUT2D eigenvalue weighted by molar-refractivity contribution is -0.384. The number of esters is 1. The molecule has 0 amide bonds. The van der Waals surface area contributed by atoms with Crippen LogP contribution in [-0.2, 0) is 9.53 Å². The summed E-state index contributed by atoms with van der Waals surface area (Å²) in [6.07, 6.45) is 1.69. The fourth-order valence-corrected chi connectivity index (χ4v) is 2.70. The molecule has 1 aromatic rings. The van der Waals surface area contributed by atoms with E-state index in [0.717, 1.165) is 30.6 Å². The molecule has 1 saturated heterocycles. The first kappa shape index (κ1) is 15.3. The minimum atomic E-state index is -0.386. The van der Waals surface area contributed by atoms with E-state index < -0.39 is 0 Å². The van der Waals surface area contributed by atoms with Crippen LogP contribution >= 0.6 is 0 Å². The van der Waals surface area contributed by atoms with E-state index in [1.54, 1.807) is 19.1 Å². The molecule has 1 aliphatic heterocycles. The molecular formula is C15H20N2O4. The molecule has 6 heteroatoms. The Morgan fingerprint density at radius 3 is 2.90 bits per heavy atom. The number of carbonyl (C=O) groups excluding carboxylic acids is 1. The molecule has 0 saturated carbocycles. The van der Waals surface area contributed by atoms with Gasteiger partial charge in [-0.2, -0.15) is 0 Å². The van der Waals surface area contributed by atoms with Crippen LogP contribution in [0.1, 0.15) is 25.3 Å². The SMILES string of the molecule is CCOC(=O)C1CCCN(c2cc(C)cc([N+](=O)[O-])c2)C1. The summed E-state index contributed by atoms with van der Waals surface area (Å²) in [5, 5.41) is 11.0. The van der Waals surface area contributed by atoms with E-state index in [0.29, 0.717) is 13.2 Å². The Hall–Kier alpha value is -2.11.